The van der Waals surface area contributed by atoms with Crippen LogP contribution >= 0.6 is 0 Å². The number of hydrogen-bond acceptors (Lipinski definition) is 7. The molecule has 2 aromatic heterocycles. The van der Waals surface area contributed by atoms with Crippen molar-refractivity contribution in [3.8, 4) is 11.9 Å². The first-order valence-electron chi connectivity index (χ1n) is 8.80. The Morgan fingerprint density at radius 3 is 3.00 bits per heavy atom. The summed E-state index contributed by atoms with van der Waals surface area (Å²) in [6.45, 7) is 5.10. The third-order valence-electron chi connectivity index (χ3n) is 4.58. The molecule has 1 atom stereocenters. The SMILES string of the molecule is COc1nccc(OC2CCCN(C(=O)CCc3c(C)noc3C)C2)n1. The number of aromatic nitrogens is 3. The standard InChI is InChI=1S/C18H24N4O4/c1-12-15(13(2)26-21-12)6-7-17(23)22-10-4-5-14(11-22)25-16-8-9-19-18(20-16)24-3/h8-9,14H,4-7,10-11H2,1-3H3. The average molecular weight is 360 g/mol. The summed E-state index contributed by atoms with van der Waals surface area (Å²) in [6, 6.07) is 1.96. The minimum atomic E-state index is -0.0774. The lowest BCUT2D eigenvalue weighted by Gasteiger charge is -2.32. The van der Waals surface area contributed by atoms with Crippen LogP contribution in [0.2, 0.25) is 0 Å². The Morgan fingerprint density at radius 1 is 1.42 bits per heavy atom. The molecule has 2 aromatic rings. The number of aryl methyl sites for hydroxylation is 2. The molecule has 0 aliphatic carbocycles. The van der Waals surface area contributed by atoms with Crippen LogP contribution in [0.4, 0.5) is 0 Å². The summed E-state index contributed by atoms with van der Waals surface area (Å²) in [6.07, 6.45) is 4.40. The monoisotopic (exact) mass is 360 g/mol. The van der Waals surface area contributed by atoms with Gasteiger partial charge in [0.2, 0.25) is 11.8 Å². The lowest BCUT2D eigenvalue weighted by Crippen LogP contribution is -2.44. The number of rotatable bonds is 6. The molecule has 1 fully saturated rings. The van der Waals surface area contributed by atoms with Gasteiger partial charge in [-0.15, -0.1) is 0 Å². The maximum Gasteiger partial charge on any atom is 0.319 e. The molecule has 0 spiro atoms. The number of ether oxygens (including phenoxy) is 2. The number of amides is 1. The molecule has 8 nitrogen and oxygen atoms in total. The molecule has 1 aliphatic rings. The molecule has 1 unspecified atom stereocenters. The van der Waals surface area contributed by atoms with Crippen LogP contribution in [0.25, 0.3) is 0 Å². The molecule has 26 heavy (non-hydrogen) atoms. The van der Waals surface area contributed by atoms with E-state index in [9.17, 15) is 4.79 Å². The minimum Gasteiger partial charge on any atom is -0.472 e. The predicted molar refractivity (Wildman–Crippen MR) is 93.1 cm³/mol. The second-order valence-electron chi connectivity index (χ2n) is 6.41. The van der Waals surface area contributed by atoms with E-state index < -0.39 is 0 Å². The third-order valence-corrected chi connectivity index (χ3v) is 4.58. The van der Waals surface area contributed by atoms with E-state index in [1.165, 1.54) is 7.11 Å². The van der Waals surface area contributed by atoms with Crippen molar-refractivity contribution >= 4 is 5.91 Å². The molecule has 0 radical (unpaired) electrons. The normalized spacial score (nSPS) is 17.2. The highest BCUT2D eigenvalue weighted by Crippen LogP contribution is 2.20. The Bertz CT molecular complexity index is 742. The summed E-state index contributed by atoms with van der Waals surface area (Å²) in [5.74, 6) is 1.37. The summed E-state index contributed by atoms with van der Waals surface area (Å²) in [5, 5.41) is 3.94. The first-order chi connectivity index (χ1) is 12.6. The van der Waals surface area contributed by atoms with Crippen LogP contribution in [0, 0.1) is 13.8 Å². The summed E-state index contributed by atoms with van der Waals surface area (Å²) in [4.78, 5) is 22.6. The third kappa shape index (κ3) is 4.30. The highest BCUT2D eigenvalue weighted by molar-refractivity contribution is 5.76. The van der Waals surface area contributed by atoms with Gasteiger partial charge in [0.25, 0.3) is 0 Å². The number of likely N-dealkylation sites (tertiary alicyclic amines) is 1. The lowest BCUT2D eigenvalue weighted by molar-refractivity contribution is -0.133. The molecule has 1 amide bonds. The second-order valence-corrected chi connectivity index (χ2v) is 6.41. The molecule has 0 bridgehead atoms. The smallest absolute Gasteiger partial charge is 0.319 e. The summed E-state index contributed by atoms with van der Waals surface area (Å²) < 4.78 is 16.1. The van der Waals surface area contributed by atoms with Gasteiger partial charge in [0.1, 0.15) is 11.9 Å². The average Bonchev–Trinajstić information content (AvgIpc) is 2.98. The van der Waals surface area contributed by atoms with Crippen molar-refractivity contribution < 1.29 is 18.8 Å². The van der Waals surface area contributed by atoms with E-state index >= 15 is 0 Å². The van der Waals surface area contributed by atoms with Gasteiger partial charge in [-0.3, -0.25) is 4.79 Å². The molecule has 140 valence electrons. The Hall–Kier alpha value is -2.64. The van der Waals surface area contributed by atoms with E-state index in [2.05, 4.69) is 15.1 Å². The molecule has 1 saturated heterocycles. The molecular formula is C18H24N4O4. The van der Waals surface area contributed by atoms with Crippen molar-refractivity contribution in [2.24, 2.45) is 0 Å². The van der Waals surface area contributed by atoms with Crippen molar-refractivity contribution in [1.29, 1.82) is 0 Å². The highest BCUT2D eigenvalue weighted by atomic mass is 16.5. The fraction of sp³-hybridized carbons (Fsp3) is 0.556. The van der Waals surface area contributed by atoms with Crippen molar-refractivity contribution in [3.63, 3.8) is 0 Å². The fourth-order valence-electron chi connectivity index (χ4n) is 3.17. The number of carbonyl (C=O) groups excluding carboxylic acids is 1. The lowest BCUT2D eigenvalue weighted by atomic mass is 10.1. The van der Waals surface area contributed by atoms with Crippen LogP contribution in [-0.4, -0.2) is 52.2 Å². The van der Waals surface area contributed by atoms with Crippen molar-refractivity contribution in [2.75, 3.05) is 20.2 Å². The first-order valence-corrected chi connectivity index (χ1v) is 8.80. The van der Waals surface area contributed by atoms with E-state index in [0.717, 1.165) is 36.4 Å². The molecule has 8 heteroatoms. The highest BCUT2D eigenvalue weighted by Gasteiger charge is 2.25. The van der Waals surface area contributed by atoms with Gasteiger partial charge in [0, 0.05) is 30.8 Å². The molecular weight excluding hydrogens is 336 g/mol. The van der Waals surface area contributed by atoms with Gasteiger partial charge in [0.05, 0.1) is 19.3 Å². The van der Waals surface area contributed by atoms with Gasteiger partial charge in [0.15, 0.2) is 0 Å². The minimum absolute atomic E-state index is 0.0774. The first kappa shape index (κ1) is 18.2. The number of nitrogens with zero attached hydrogens (tertiary/aromatic N) is 4. The van der Waals surface area contributed by atoms with Gasteiger partial charge in [-0.05, 0) is 33.1 Å². The zero-order valence-corrected chi connectivity index (χ0v) is 15.4. The van der Waals surface area contributed by atoms with E-state index in [-0.39, 0.29) is 18.0 Å². The summed E-state index contributed by atoms with van der Waals surface area (Å²) >= 11 is 0. The van der Waals surface area contributed by atoms with Gasteiger partial charge in [-0.2, -0.15) is 4.98 Å². The fourth-order valence-corrected chi connectivity index (χ4v) is 3.17. The van der Waals surface area contributed by atoms with E-state index in [1.54, 1.807) is 12.3 Å². The van der Waals surface area contributed by atoms with Crippen LogP contribution in [0.3, 0.4) is 0 Å². The van der Waals surface area contributed by atoms with Crippen LogP contribution in [-0.2, 0) is 11.2 Å². The predicted octanol–water partition coefficient (Wildman–Crippen LogP) is 2.09. The molecule has 0 saturated carbocycles. The Balaban J connectivity index is 1.54. The van der Waals surface area contributed by atoms with Crippen molar-refractivity contribution in [1.82, 2.24) is 20.0 Å². The molecule has 0 N–H and O–H groups in total. The van der Waals surface area contributed by atoms with Gasteiger partial charge in [-0.1, -0.05) is 5.16 Å². The van der Waals surface area contributed by atoms with Crippen LogP contribution in [0.5, 0.6) is 11.9 Å². The Labute approximate surface area is 152 Å². The Morgan fingerprint density at radius 2 is 2.27 bits per heavy atom. The zero-order valence-electron chi connectivity index (χ0n) is 15.4. The van der Waals surface area contributed by atoms with Crippen LogP contribution < -0.4 is 9.47 Å². The van der Waals surface area contributed by atoms with Gasteiger partial charge >= 0.3 is 6.01 Å². The van der Waals surface area contributed by atoms with Crippen molar-refractivity contribution in [3.05, 3.63) is 29.3 Å². The topological polar surface area (TPSA) is 90.6 Å². The molecule has 3 rings (SSSR count). The summed E-state index contributed by atoms with van der Waals surface area (Å²) in [5.41, 5.74) is 1.88. The van der Waals surface area contributed by atoms with Gasteiger partial charge < -0.3 is 18.9 Å². The summed E-state index contributed by atoms with van der Waals surface area (Å²) in [7, 11) is 1.51. The number of carbonyl (C=O) groups is 1. The van der Waals surface area contributed by atoms with Gasteiger partial charge in [-0.25, -0.2) is 4.98 Å². The quantitative estimate of drug-likeness (QED) is 0.779. The zero-order chi connectivity index (χ0) is 18.5. The van der Waals surface area contributed by atoms with E-state index in [0.29, 0.717) is 25.3 Å². The molecule has 1 aliphatic heterocycles. The number of methoxy groups -OCH3 is 1. The van der Waals surface area contributed by atoms with E-state index in [1.807, 2.05) is 18.7 Å². The maximum absolute atomic E-state index is 12.6. The Kier molecular flexibility index (Phi) is 5.70. The molecule has 0 aromatic carbocycles. The van der Waals surface area contributed by atoms with Crippen molar-refractivity contribution in [2.45, 2.75) is 45.6 Å². The maximum atomic E-state index is 12.6. The molecule has 3 heterocycles. The van der Waals surface area contributed by atoms with Crippen LogP contribution in [0.1, 0.15) is 36.3 Å². The number of hydrogen-bond donors (Lipinski definition) is 0. The van der Waals surface area contributed by atoms with E-state index in [4.69, 9.17) is 14.0 Å². The second kappa shape index (κ2) is 8.16. The number of piperidine rings is 1. The van der Waals surface area contributed by atoms with Crippen LogP contribution in [0.15, 0.2) is 16.8 Å². The largest absolute Gasteiger partial charge is 0.472 e.